The molecule has 0 saturated heterocycles. The molecule has 0 amide bonds. The van der Waals surface area contributed by atoms with Crippen LogP contribution < -0.4 is 4.74 Å². The van der Waals surface area contributed by atoms with E-state index in [1.54, 1.807) is 13.5 Å². The first-order chi connectivity index (χ1) is 11.2. The van der Waals surface area contributed by atoms with Gasteiger partial charge in [0.25, 0.3) is 0 Å². The number of ether oxygens (including phenoxy) is 2. The van der Waals surface area contributed by atoms with Crippen LogP contribution in [0, 0.1) is 0 Å². The number of aliphatic imine (C=N–C) groups is 1. The first-order valence-electron chi connectivity index (χ1n) is 7.82. The smallest absolute Gasteiger partial charge is 0.170 e. The van der Waals surface area contributed by atoms with E-state index in [2.05, 4.69) is 60.4 Å². The molecule has 4 rings (SSSR count). The summed E-state index contributed by atoms with van der Waals surface area (Å²) >= 11 is 0. The monoisotopic (exact) mass is 305 g/mol. The number of fused-ring (bicyclic) bond motifs is 2. The predicted octanol–water partition coefficient (Wildman–Crippen LogP) is 4.36. The zero-order chi connectivity index (χ0) is 15.9. The Balaban J connectivity index is 1.95. The van der Waals surface area contributed by atoms with Crippen LogP contribution in [0.3, 0.4) is 0 Å². The van der Waals surface area contributed by atoms with Crippen LogP contribution >= 0.6 is 0 Å². The van der Waals surface area contributed by atoms with E-state index < -0.39 is 0 Å². The van der Waals surface area contributed by atoms with E-state index in [0.717, 1.165) is 12.2 Å². The van der Waals surface area contributed by atoms with Gasteiger partial charge in [0.15, 0.2) is 6.40 Å². The molecule has 0 N–H and O–H groups in total. The van der Waals surface area contributed by atoms with Crippen molar-refractivity contribution in [3.63, 3.8) is 0 Å². The molecule has 0 aliphatic carbocycles. The molecule has 0 saturated carbocycles. The van der Waals surface area contributed by atoms with E-state index in [4.69, 9.17) is 9.47 Å². The van der Waals surface area contributed by atoms with Gasteiger partial charge in [-0.25, -0.2) is 4.99 Å². The Labute approximate surface area is 135 Å². The zero-order valence-electron chi connectivity index (χ0n) is 13.4. The summed E-state index contributed by atoms with van der Waals surface area (Å²) in [7, 11) is 1.72. The Kier molecular flexibility index (Phi) is 3.22. The van der Waals surface area contributed by atoms with Crippen molar-refractivity contribution < 1.29 is 9.47 Å². The van der Waals surface area contributed by atoms with Crippen molar-refractivity contribution in [2.45, 2.75) is 18.9 Å². The van der Waals surface area contributed by atoms with Crippen LogP contribution in [0.1, 0.15) is 12.5 Å². The maximum atomic E-state index is 5.63. The average Bonchev–Trinajstić information content (AvgIpc) is 3.00. The number of hydrogen-bond donors (Lipinski definition) is 0. The molecular weight excluding hydrogens is 286 g/mol. The molecule has 3 aromatic rings. The van der Waals surface area contributed by atoms with Gasteiger partial charge in [-0.3, -0.25) is 0 Å². The normalized spacial score (nSPS) is 20.1. The summed E-state index contributed by atoms with van der Waals surface area (Å²) in [5.74, 6) is 0.913. The summed E-state index contributed by atoms with van der Waals surface area (Å²) in [6.45, 7) is 2.73. The van der Waals surface area contributed by atoms with Gasteiger partial charge in [-0.1, -0.05) is 30.3 Å². The zero-order valence-corrected chi connectivity index (χ0v) is 13.4. The first kappa shape index (κ1) is 14.1. The van der Waals surface area contributed by atoms with Gasteiger partial charge in [-0.05, 0) is 46.7 Å². The van der Waals surface area contributed by atoms with Crippen LogP contribution in [0.25, 0.3) is 21.5 Å². The largest absolute Gasteiger partial charge is 0.496 e. The Hall–Kier alpha value is -2.55. The standard InChI is InChI=1S/C20H19NO2/c1-20(12-23-13-21-20)11-18-17-10-15-6-4-3-5-14(15)9-16(17)7-8-19(18)22-2/h3-10,13H,11-12H2,1-2H3. The van der Waals surface area contributed by atoms with Crippen molar-refractivity contribution in [2.75, 3.05) is 13.7 Å². The number of hydrogen-bond acceptors (Lipinski definition) is 3. The summed E-state index contributed by atoms with van der Waals surface area (Å²) in [5, 5.41) is 4.95. The molecule has 23 heavy (non-hydrogen) atoms. The summed E-state index contributed by atoms with van der Waals surface area (Å²) in [6.07, 6.45) is 2.36. The Morgan fingerprint density at radius 2 is 1.87 bits per heavy atom. The summed E-state index contributed by atoms with van der Waals surface area (Å²) in [4.78, 5) is 4.50. The van der Waals surface area contributed by atoms with Crippen molar-refractivity contribution in [2.24, 2.45) is 4.99 Å². The van der Waals surface area contributed by atoms with Crippen LogP contribution in [0.2, 0.25) is 0 Å². The van der Waals surface area contributed by atoms with Crippen LogP contribution in [-0.2, 0) is 11.2 Å². The second-order valence-corrected chi connectivity index (χ2v) is 6.39. The van der Waals surface area contributed by atoms with E-state index in [-0.39, 0.29) is 5.54 Å². The summed E-state index contributed by atoms with van der Waals surface area (Å²) < 4.78 is 11.0. The molecule has 0 fully saturated rings. The molecule has 0 bridgehead atoms. The maximum Gasteiger partial charge on any atom is 0.170 e. The highest BCUT2D eigenvalue weighted by atomic mass is 16.5. The molecule has 1 heterocycles. The van der Waals surface area contributed by atoms with E-state index in [9.17, 15) is 0 Å². The fraction of sp³-hybridized carbons (Fsp3) is 0.250. The molecule has 1 aliphatic heterocycles. The Morgan fingerprint density at radius 3 is 2.57 bits per heavy atom. The number of nitrogens with zero attached hydrogens (tertiary/aromatic N) is 1. The van der Waals surface area contributed by atoms with E-state index in [1.807, 2.05) is 0 Å². The van der Waals surface area contributed by atoms with E-state index in [1.165, 1.54) is 27.1 Å². The molecule has 1 aliphatic rings. The molecule has 3 heteroatoms. The lowest BCUT2D eigenvalue weighted by atomic mass is 9.89. The van der Waals surface area contributed by atoms with Crippen molar-refractivity contribution in [1.82, 2.24) is 0 Å². The lowest BCUT2D eigenvalue weighted by Crippen LogP contribution is -2.27. The van der Waals surface area contributed by atoms with Crippen molar-refractivity contribution in [3.05, 3.63) is 54.1 Å². The third kappa shape index (κ3) is 2.42. The Morgan fingerprint density at radius 1 is 1.09 bits per heavy atom. The van der Waals surface area contributed by atoms with Crippen molar-refractivity contribution >= 4 is 27.9 Å². The third-order valence-corrected chi connectivity index (χ3v) is 4.57. The highest BCUT2D eigenvalue weighted by molar-refractivity contribution is 6.00. The minimum Gasteiger partial charge on any atom is -0.496 e. The number of methoxy groups -OCH3 is 1. The second-order valence-electron chi connectivity index (χ2n) is 6.39. The van der Waals surface area contributed by atoms with E-state index in [0.29, 0.717) is 6.61 Å². The topological polar surface area (TPSA) is 30.8 Å². The molecular formula is C20H19NO2. The highest BCUT2D eigenvalue weighted by Crippen LogP contribution is 2.35. The van der Waals surface area contributed by atoms with Crippen molar-refractivity contribution in [1.29, 1.82) is 0 Å². The maximum absolute atomic E-state index is 5.63. The second kappa shape index (κ2) is 5.27. The quantitative estimate of drug-likeness (QED) is 0.673. The minimum atomic E-state index is -0.229. The average molecular weight is 305 g/mol. The molecule has 1 atom stereocenters. The first-order valence-corrected chi connectivity index (χ1v) is 7.82. The van der Waals surface area contributed by atoms with Gasteiger partial charge in [-0.15, -0.1) is 0 Å². The third-order valence-electron chi connectivity index (χ3n) is 4.57. The van der Waals surface area contributed by atoms with Crippen LogP contribution in [0.5, 0.6) is 5.75 Å². The lowest BCUT2D eigenvalue weighted by Gasteiger charge is -2.21. The van der Waals surface area contributed by atoms with Crippen LogP contribution in [0.15, 0.2) is 53.5 Å². The number of benzene rings is 3. The fourth-order valence-electron chi connectivity index (χ4n) is 3.33. The SMILES string of the molecule is COc1ccc2cc3ccccc3cc2c1CC1(C)COC=N1. The molecule has 0 radical (unpaired) electrons. The fourth-order valence-corrected chi connectivity index (χ4v) is 3.33. The van der Waals surface area contributed by atoms with Crippen LogP contribution in [-0.4, -0.2) is 25.7 Å². The lowest BCUT2D eigenvalue weighted by molar-refractivity contribution is 0.271. The Bertz CT molecular complexity index is 916. The van der Waals surface area contributed by atoms with E-state index >= 15 is 0 Å². The number of rotatable bonds is 3. The van der Waals surface area contributed by atoms with Gasteiger partial charge in [0.05, 0.1) is 12.6 Å². The van der Waals surface area contributed by atoms with Gasteiger partial charge in [-0.2, -0.15) is 0 Å². The van der Waals surface area contributed by atoms with Gasteiger partial charge in [0.1, 0.15) is 12.4 Å². The molecule has 3 aromatic carbocycles. The van der Waals surface area contributed by atoms with Gasteiger partial charge in [0.2, 0.25) is 0 Å². The summed E-state index contributed by atoms with van der Waals surface area (Å²) in [5.41, 5.74) is 0.966. The molecule has 116 valence electrons. The van der Waals surface area contributed by atoms with Gasteiger partial charge in [0, 0.05) is 12.0 Å². The van der Waals surface area contributed by atoms with Crippen LogP contribution in [0.4, 0.5) is 0 Å². The summed E-state index contributed by atoms with van der Waals surface area (Å²) in [6, 6.07) is 17.1. The molecule has 0 aromatic heterocycles. The molecule has 0 spiro atoms. The molecule has 3 nitrogen and oxygen atoms in total. The van der Waals surface area contributed by atoms with Gasteiger partial charge >= 0.3 is 0 Å². The minimum absolute atomic E-state index is 0.229. The highest BCUT2D eigenvalue weighted by Gasteiger charge is 2.30. The predicted molar refractivity (Wildman–Crippen MR) is 94.6 cm³/mol. The van der Waals surface area contributed by atoms with Crippen molar-refractivity contribution in [3.8, 4) is 5.75 Å². The van der Waals surface area contributed by atoms with Gasteiger partial charge < -0.3 is 9.47 Å². The molecule has 1 unspecified atom stereocenters.